The number of benzene rings is 1. The van der Waals surface area contributed by atoms with E-state index in [1.165, 1.54) is 0 Å². The maximum atomic E-state index is 11.5. The molecular formula is C16H19N3O5. The van der Waals surface area contributed by atoms with Gasteiger partial charge in [0.05, 0.1) is 18.2 Å². The molecular weight excluding hydrogens is 314 g/mol. The Bertz CT molecular complexity index is 607. The summed E-state index contributed by atoms with van der Waals surface area (Å²) in [4.78, 5) is 34.2. The number of nitrogens with one attached hydrogen (secondary N) is 2. The van der Waals surface area contributed by atoms with E-state index in [0.717, 1.165) is 6.42 Å². The van der Waals surface area contributed by atoms with Crippen LogP contribution in [0, 0.1) is 11.3 Å². The molecule has 0 aliphatic heterocycles. The van der Waals surface area contributed by atoms with Gasteiger partial charge >= 0.3 is 5.97 Å². The summed E-state index contributed by atoms with van der Waals surface area (Å²) < 4.78 is 9.89. The van der Waals surface area contributed by atoms with E-state index in [9.17, 15) is 14.4 Å². The Balaban J connectivity index is 2.19. The molecule has 0 aliphatic carbocycles. The molecule has 0 atom stereocenters. The average Bonchev–Trinajstić information content (AvgIpc) is 2.61. The zero-order valence-electron chi connectivity index (χ0n) is 13.3. The Morgan fingerprint density at radius 2 is 1.79 bits per heavy atom. The van der Waals surface area contributed by atoms with E-state index in [2.05, 4.69) is 10.6 Å². The Kier molecular flexibility index (Phi) is 8.39. The molecule has 0 aliphatic rings. The number of nitrogens with zero attached hydrogens (tertiary/aromatic N) is 1. The van der Waals surface area contributed by atoms with Gasteiger partial charge in [0, 0.05) is 6.54 Å². The third-order valence-electron chi connectivity index (χ3n) is 2.72. The summed E-state index contributed by atoms with van der Waals surface area (Å²) in [6.45, 7) is 1.43. The summed E-state index contributed by atoms with van der Waals surface area (Å²) in [6.07, 6.45) is 0.802. The maximum absolute atomic E-state index is 11.5. The van der Waals surface area contributed by atoms with Gasteiger partial charge in [0.25, 0.3) is 5.91 Å². The van der Waals surface area contributed by atoms with Crippen LogP contribution in [0.1, 0.15) is 18.9 Å². The van der Waals surface area contributed by atoms with Gasteiger partial charge in [-0.2, -0.15) is 5.26 Å². The topological polar surface area (TPSA) is 118 Å². The van der Waals surface area contributed by atoms with Gasteiger partial charge in [-0.1, -0.05) is 6.92 Å². The van der Waals surface area contributed by atoms with Crippen LogP contribution in [0.15, 0.2) is 24.3 Å². The van der Waals surface area contributed by atoms with Crippen LogP contribution in [0.4, 0.5) is 0 Å². The first-order valence-corrected chi connectivity index (χ1v) is 7.37. The molecule has 0 bridgehead atoms. The fraction of sp³-hybridized carbons (Fsp3) is 0.375. The molecule has 0 saturated carbocycles. The minimum atomic E-state index is -0.718. The molecule has 1 rings (SSSR count). The van der Waals surface area contributed by atoms with Crippen molar-refractivity contribution in [2.75, 3.05) is 26.3 Å². The number of hydrogen-bond donors (Lipinski definition) is 2. The zero-order chi connectivity index (χ0) is 17.8. The van der Waals surface area contributed by atoms with Crippen LogP contribution in [0.5, 0.6) is 5.75 Å². The molecule has 0 aromatic heterocycles. The average molecular weight is 333 g/mol. The number of ether oxygens (including phenoxy) is 2. The van der Waals surface area contributed by atoms with E-state index in [0.29, 0.717) is 17.9 Å². The number of esters is 1. The first-order valence-electron chi connectivity index (χ1n) is 7.37. The van der Waals surface area contributed by atoms with Crippen LogP contribution in [0.25, 0.3) is 0 Å². The summed E-state index contributed by atoms with van der Waals surface area (Å²) in [7, 11) is 0. The second kappa shape index (κ2) is 10.6. The van der Waals surface area contributed by atoms with Gasteiger partial charge in [-0.3, -0.25) is 9.59 Å². The van der Waals surface area contributed by atoms with Gasteiger partial charge < -0.3 is 20.1 Å². The largest absolute Gasteiger partial charge is 0.482 e. The van der Waals surface area contributed by atoms with Crippen molar-refractivity contribution in [1.82, 2.24) is 10.6 Å². The number of amides is 2. The molecule has 2 amide bonds. The van der Waals surface area contributed by atoms with E-state index in [1.54, 1.807) is 24.3 Å². The summed E-state index contributed by atoms with van der Waals surface area (Å²) in [6, 6.07) is 8.17. The van der Waals surface area contributed by atoms with E-state index in [1.807, 2.05) is 13.0 Å². The normalized spacial score (nSPS) is 9.50. The molecule has 0 radical (unpaired) electrons. The molecule has 8 heteroatoms. The number of carbonyl (C=O) groups is 3. The molecule has 1 aromatic carbocycles. The number of hydrogen-bond acceptors (Lipinski definition) is 6. The van der Waals surface area contributed by atoms with Crippen molar-refractivity contribution < 1.29 is 23.9 Å². The Morgan fingerprint density at radius 3 is 2.42 bits per heavy atom. The highest BCUT2D eigenvalue weighted by Crippen LogP contribution is 2.11. The number of rotatable bonds is 9. The van der Waals surface area contributed by atoms with Crippen molar-refractivity contribution in [3.05, 3.63) is 29.8 Å². The van der Waals surface area contributed by atoms with E-state index in [-0.39, 0.29) is 19.1 Å². The molecule has 0 saturated heterocycles. The van der Waals surface area contributed by atoms with Crippen LogP contribution in [-0.4, -0.2) is 44.1 Å². The molecule has 1 aromatic rings. The standard InChI is InChI=1S/C16H19N3O5/c1-2-7-18-14(20)9-19-15(21)10-24-16(22)11-23-13-5-3-12(8-17)4-6-13/h3-6H,2,7,9-11H2,1H3,(H,18,20)(H,19,21). The molecule has 0 unspecified atom stereocenters. The third-order valence-corrected chi connectivity index (χ3v) is 2.72. The minimum Gasteiger partial charge on any atom is -0.482 e. The van der Waals surface area contributed by atoms with Gasteiger partial charge in [-0.05, 0) is 30.7 Å². The highest BCUT2D eigenvalue weighted by molar-refractivity contribution is 5.86. The zero-order valence-corrected chi connectivity index (χ0v) is 13.3. The van der Waals surface area contributed by atoms with Crippen molar-refractivity contribution >= 4 is 17.8 Å². The third kappa shape index (κ3) is 7.79. The van der Waals surface area contributed by atoms with Crippen LogP contribution in [0.3, 0.4) is 0 Å². The molecule has 0 fully saturated rings. The van der Waals surface area contributed by atoms with Crippen LogP contribution in [0.2, 0.25) is 0 Å². The highest BCUT2D eigenvalue weighted by atomic mass is 16.6. The second-order valence-electron chi connectivity index (χ2n) is 4.71. The van der Waals surface area contributed by atoms with Gasteiger partial charge in [-0.15, -0.1) is 0 Å². The number of nitriles is 1. The quantitative estimate of drug-likeness (QED) is 0.620. The molecule has 2 N–H and O–H groups in total. The SMILES string of the molecule is CCCNC(=O)CNC(=O)COC(=O)COc1ccc(C#N)cc1. The van der Waals surface area contributed by atoms with Crippen LogP contribution >= 0.6 is 0 Å². The van der Waals surface area contributed by atoms with E-state index in [4.69, 9.17) is 14.7 Å². The fourth-order valence-corrected chi connectivity index (χ4v) is 1.51. The first-order chi connectivity index (χ1) is 11.5. The summed E-state index contributed by atoms with van der Waals surface area (Å²) in [5, 5.41) is 13.6. The lowest BCUT2D eigenvalue weighted by molar-refractivity contribution is -0.150. The lowest BCUT2D eigenvalue weighted by Gasteiger charge is -2.08. The van der Waals surface area contributed by atoms with Crippen LogP contribution < -0.4 is 15.4 Å². The minimum absolute atomic E-state index is 0.169. The van der Waals surface area contributed by atoms with Crippen LogP contribution in [-0.2, 0) is 19.1 Å². The predicted molar refractivity (Wildman–Crippen MR) is 83.9 cm³/mol. The van der Waals surface area contributed by atoms with Gasteiger partial charge in [0.15, 0.2) is 13.2 Å². The Labute approximate surface area is 139 Å². The summed E-state index contributed by atoms with van der Waals surface area (Å²) in [5.41, 5.74) is 0.476. The highest BCUT2D eigenvalue weighted by Gasteiger charge is 2.09. The summed E-state index contributed by atoms with van der Waals surface area (Å²) >= 11 is 0. The van der Waals surface area contributed by atoms with Gasteiger partial charge in [0.1, 0.15) is 5.75 Å². The van der Waals surface area contributed by atoms with Gasteiger partial charge in [0.2, 0.25) is 5.91 Å². The smallest absolute Gasteiger partial charge is 0.344 e. The Morgan fingerprint density at radius 1 is 1.08 bits per heavy atom. The molecule has 8 nitrogen and oxygen atoms in total. The maximum Gasteiger partial charge on any atom is 0.344 e. The molecule has 0 heterocycles. The predicted octanol–water partition coefficient (Wildman–Crippen LogP) is 0.123. The lowest BCUT2D eigenvalue weighted by atomic mass is 10.2. The molecule has 128 valence electrons. The van der Waals surface area contributed by atoms with Crippen molar-refractivity contribution in [2.24, 2.45) is 0 Å². The van der Waals surface area contributed by atoms with E-state index < -0.39 is 18.5 Å². The van der Waals surface area contributed by atoms with Crippen molar-refractivity contribution in [3.8, 4) is 11.8 Å². The number of carbonyl (C=O) groups excluding carboxylic acids is 3. The second-order valence-corrected chi connectivity index (χ2v) is 4.71. The fourth-order valence-electron chi connectivity index (χ4n) is 1.51. The van der Waals surface area contributed by atoms with Crippen molar-refractivity contribution in [3.63, 3.8) is 0 Å². The van der Waals surface area contributed by atoms with E-state index >= 15 is 0 Å². The first kappa shape index (κ1) is 19.0. The monoisotopic (exact) mass is 333 g/mol. The summed E-state index contributed by atoms with van der Waals surface area (Å²) in [5.74, 6) is -1.19. The van der Waals surface area contributed by atoms with Crippen molar-refractivity contribution in [2.45, 2.75) is 13.3 Å². The van der Waals surface area contributed by atoms with Crippen molar-refractivity contribution in [1.29, 1.82) is 5.26 Å². The lowest BCUT2D eigenvalue weighted by Crippen LogP contribution is -2.39. The molecule has 0 spiro atoms. The van der Waals surface area contributed by atoms with Gasteiger partial charge in [-0.25, -0.2) is 4.79 Å². The Hall–Kier alpha value is -3.08. The molecule has 24 heavy (non-hydrogen) atoms.